The van der Waals surface area contributed by atoms with Crippen LogP contribution < -0.4 is 9.46 Å². The van der Waals surface area contributed by atoms with Crippen molar-refractivity contribution in [3.63, 3.8) is 0 Å². The Morgan fingerprint density at radius 2 is 2.18 bits per heavy atom. The van der Waals surface area contributed by atoms with E-state index in [0.29, 0.717) is 11.3 Å². The van der Waals surface area contributed by atoms with Crippen molar-refractivity contribution in [2.45, 2.75) is 19.3 Å². The van der Waals surface area contributed by atoms with Gasteiger partial charge < -0.3 is 14.4 Å². The van der Waals surface area contributed by atoms with Gasteiger partial charge in [0.05, 0.1) is 7.11 Å². The third-order valence-corrected chi connectivity index (χ3v) is 2.94. The number of methoxy groups -OCH3 is 1. The first kappa shape index (κ1) is 14.0. The quantitative estimate of drug-likeness (QED) is 0.774. The van der Waals surface area contributed by atoms with E-state index in [1.54, 1.807) is 12.1 Å². The molecule has 1 rings (SSSR count). The number of rotatable bonds is 5. The zero-order valence-electron chi connectivity index (χ0n) is 10.0. The Morgan fingerprint density at radius 3 is 2.71 bits per heavy atom. The number of aromatic hydroxyl groups is 1. The second-order valence-electron chi connectivity index (χ2n) is 4.32. The van der Waals surface area contributed by atoms with Crippen LogP contribution in [0.1, 0.15) is 19.4 Å². The maximum absolute atomic E-state index is 10.5. The molecule has 0 saturated heterocycles. The van der Waals surface area contributed by atoms with Gasteiger partial charge in [0.25, 0.3) is 0 Å². The second kappa shape index (κ2) is 5.48. The van der Waals surface area contributed by atoms with Crippen molar-refractivity contribution in [1.29, 1.82) is 0 Å². The highest BCUT2D eigenvalue weighted by Crippen LogP contribution is 2.33. The Kier molecular flexibility index (Phi) is 4.50. The maximum Gasteiger partial charge on any atom is 0.119 e. The minimum atomic E-state index is -2.31. The van der Waals surface area contributed by atoms with Gasteiger partial charge in [0, 0.05) is 28.8 Å². The van der Waals surface area contributed by atoms with E-state index >= 15 is 0 Å². The predicted octanol–water partition coefficient (Wildman–Crippen LogP) is 1.06. The fourth-order valence-corrected chi connectivity index (χ4v) is 2.00. The summed E-state index contributed by atoms with van der Waals surface area (Å²) < 4.78 is 28.4. The van der Waals surface area contributed by atoms with Crippen LogP contribution in [0.2, 0.25) is 0 Å². The summed E-state index contributed by atoms with van der Waals surface area (Å²) in [5.41, 5.74) is 0.105. The summed E-state index contributed by atoms with van der Waals surface area (Å²) in [4.78, 5) is 0. The summed E-state index contributed by atoms with van der Waals surface area (Å²) in [5, 5.41) is 9.79. The number of benzene rings is 1. The highest BCUT2D eigenvalue weighted by atomic mass is 32.2. The molecule has 1 atom stereocenters. The average Bonchev–Trinajstić information content (AvgIpc) is 2.27. The van der Waals surface area contributed by atoms with Crippen molar-refractivity contribution in [1.82, 2.24) is 4.72 Å². The molecule has 1 unspecified atom stereocenters. The molecule has 17 heavy (non-hydrogen) atoms. The number of hydrogen-bond donors (Lipinski definition) is 2. The number of phenolic OH excluding ortho intramolecular Hbond substituents is 1. The maximum atomic E-state index is 10.5. The van der Waals surface area contributed by atoms with E-state index in [9.17, 15) is 13.9 Å². The van der Waals surface area contributed by atoms with E-state index in [4.69, 9.17) is 4.74 Å². The Morgan fingerprint density at radius 1 is 1.53 bits per heavy atom. The molecule has 0 amide bonds. The van der Waals surface area contributed by atoms with E-state index in [1.165, 1.54) is 13.2 Å². The Bertz CT molecular complexity index is 420. The normalized spacial score (nSPS) is 13.4. The zero-order valence-corrected chi connectivity index (χ0v) is 10.8. The second-order valence-corrected chi connectivity index (χ2v) is 5.08. The highest BCUT2D eigenvalue weighted by Gasteiger charge is 2.24. The van der Waals surface area contributed by atoms with Crippen molar-refractivity contribution in [3.05, 3.63) is 23.8 Å². The summed E-state index contributed by atoms with van der Waals surface area (Å²) in [6.45, 7) is 3.87. The molecule has 0 aromatic heterocycles. The van der Waals surface area contributed by atoms with Crippen molar-refractivity contribution in [2.75, 3.05) is 13.7 Å². The largest absolute Gasteiger partial charge is 0.760 e. The molecule has 6 heteroatoms. The molecule has 0 radical (unpaired) electrons. The van der Waals surface area contributed by atoms with E-state index < -0.39 is 16.7 Å². The van der Waals surface area contributed by atoms with Crippen molar-refractivity contribution < 1.29 is 18.6 Å². The minimum Gasteiger partial charge on any atom is -0.760 e. The van der Waals surface area contributed by atoms with Gasteiger partial charge in [-0.3, -0.25) is 4.21 Å². The van der Waals surface area contributed by atoms with Gasteiger partial charge in [0.15, 0.2) is 0 Å². The first-order valence-corrected chi connectivity index (χ1v) is 6.14. The van der Waals surface area contributed by atoms with Crippen LogP contribution in [0.5, 0.6) is 11.5 Å². The molecular weight excluding hydrogens is 242 g/mol. The molecule has 0 heterocycles. The Balaban J connectivity index is 2.99. The van der Waals surface area contributed by atoms with Crippen LogP contribution in [0.3, 0.4) is 0 Å². The van der Waals surface area contributed by atoms with E-state index in [1.807, 2.05) is 13.8 Å². The van der Waals surface area contributed by atoms with Crippen molar-refractivity contribution >= 4 is 11.3 Å². The summed E-state index contributed by atoms with van der Waals surface area (Å²) in [6, 6.07) is 4.88. The van der Waals surface area contributed by atoms with Crippen LogP contribution in [-0.2, 0) is 16.7 Å². The van der Waals surface area contributed by atoms with Gasteiger partial charge in [-0.1, -0.05) is 13.8 Å². The SMILES string of the molecule is COc1ccc(O)c(C(C)(C)CNS(=O)[O-])c1. The molecule has 2 N–H and O–H groups in total. The van der Waals surface area contributed by atoms with Crippen LogP contribution in [0.15, 0.2) is 18.2 Å². The highest BCUT2D eigenvalue weighted by molar-refractivity contribution is 7.77. The lowest BCUT2D eigenvalue weighted by Crippen LogP contribution is -2.34. The van der Waals surface area contributed by atoms with E-state index in [-0.39, 0.29) is 12.3 Å². The first-order chi connectivity index (χ1) is 7.86. The molecule has 0 saturated carbocycles. The number of ether oxygens (including phenoxy) is 1. The van der Waals surface area contributed by atoms with E-state index in [2.05, 4.69) is 4.72 Å². The van der Waals surface area contributed by atoms with Crippen molar-refractivity contribution in [3.8, 4) is 11.5 Å². The fourth-order valence-electron chi connectivity index (χ4n) is 1.52. The van der Waals surface area contributed by atoms with E-state index in [0.717, 1.165) is 0 Å². The molecule has 0 fully saturated rings. The third-order valence-electron chi connectivity index (χ3n) is 2.56. The summed E-state index contributed by atoms with van der Waals surface area (Å²) in [6.07, 6.45) is 0. The molecule has 0 aliphatic carbocycles. The van der Waals surface area contributed by atoms with Crippen LogP contribution >= 0.6 is 0 Å². The molecular formula is C11H16NO4S-. The lowest BCUT2D eigenvalue weighted by atomic mass is 9.84. The molecule has 0 spiro atoms. The first-order valence-electron chi connectivity index (χ1n) is 5.07. The Hall–Kier alpha value is -1.11. The smallest absolute Gasteiger partial charge is 0.119 e. The van der Waals surface area contributed by atoms with Gasteiger partial charge in [-0.15, -0.1) is 0 Å². The summed E-state index contributed by atoms with van der Waals surface area (Å²) in [5.74, 6) is 0.739. The molecule has 0 bridgehead atoms. The van der Waals surface area contributed by atoms with Crippen molar-refractivity contribution in [2.24, 2.45) is 0 Å². The van der Waals surface area contributed by atoms with Gasteiger partial charge in [-0.25, -0.2) is 4.72 Å². The van der Waals surface area contributed by atoms with Crippen LogP contribution in [0.4, 0.5) is 0 Å². The number of hydrogen-bond acceptors (Lipinski definition) is 4. The predicted molar refractivity (Wildman–Crippen MR) is 64.6 cm³/mol. The summed E-state index contributed by atoms with van der Waals surface area (Å²) >= 11 is -2.31. The fraction of sp³-hybridized carbons (Fsp3) is 0.455. The molecule has 5 nitrogen and oxygen atoms in total. The number of phenols is 1. The Labute approximate surface area is 103 Å². The monoisotopic (exact) mass is 258 g/mol. The topological polar surface area (TPSA) is 81.6 Å². The molecule has 96 valence electrons. The van der Waals surface area contributed by atoms with Gasteiger partial charge in [0.1, 0.15) is 11.5 Å². The lowest BCUT2D eigenvalue weighted by molar-refractivity contribution is 0.401. The lowest BCUT2D eigenvalue weighted by Gasteiger charge is -2.27. The van der Waals surface area contributed by atoms with Crippen LogP contribution in [-0.4, -0.2) is 27.5 Å². The number of nitrogens with one attached hydrogen (secondary N) is 1. The van der Waals surface area contributed by atoms with Crippen LogP contribution in [0, 0.1) is 0 Å². The van der Waals surface area contributed by atoms with Gasteiger partial charge in [-0.05, 0) is 18.2 Å². The molecule has 1 aromatic carbocycles. The minimum absolute atomic E-state index is 0.120. The molecule has 0 aliphatic rings. The zero-order chi connectivity index (χ0) is 13.1. The summed E-state index contributed by atoms with van der Waals surface area (Å²) in [7, 11) is 1.54. The average molecular weight is 258 g/mol. The third kappa shape index (κ3) is 3.69. The van der Waals surface area contributed by atoms with Gasteiger partial charge in [0.2, 0.25) is 0 Å². The molecule has 1 aromatic rings. The van der Waals surface area contributed by atoms with Crippen LogP contribution in [0.25, 0.3) is 0 Å². The van der Waals surface area contributed by atoms with Gasteiger partial charge >= 0.3 is 0 Å². The molecule has 0 aliphatic heterocycles. The van der Waals surface area contributed by atoms with Gasteiger partial charge in [-0.2, -0.15) is 0 Å². The standard InChI is InChI=1S/C11H17NO4S/c1-11(2,7-12-17(14)15)9-6-8(16-3)4-5-10(9)13/h4-6,12-13H,7H2,1-3H3,(H,14,15)/p-1.